The molecule has 0 bridgehead atoms. The van der Waals surface area contributed by atoms with Crippen molar-refractivity contribution in [1.29, 1.82) is 0 Å². The summed E-state index contributed by atoms with van der Waals surface area (Å²) in [7, 11) is 1.62. The molecule has 1 fully saturated rings. The predicted molar refractivity (Wildman–Crippen MR) is 103 cm³/mol. The molecule has 0 saturated carbocycles. The van der Waals surface area contributed by atoms with E-state index in [1.54, 1.807) is 13.3 Å². The number of thiazole rings is 1. The second-order valence-corrected chi connectivity index (χ2v) is 7.09. The van der Waals surface area contributed by atoms with Gasteiger partial charge in [-0.15, -0.1) is 11.3 Å². The first-order valence-electron chi connectivity index (χ1n) is 8.78. The van der Waals surface area contributed by atoms with Crippen molar-refractivity contribution >= 4 is 22.6 Å². The van der Waals surface area contributed by atoms with Crippen LogP contribution in [0.3, 0.4) is 0 Å². The molecule has 1 aromatic heterocycles. The summed E-state index contributed by atoms with van der Waals surface area (Å²) < 4.78 is 10.6. The van der Waals surface area contributed by atoms with Crippen LogP contribution in [0.2, 0.25) is 0 Å². The van der Waals surface area contributed by atoms with Crippen LogP contribution in [-0.2, 0) is 11.2 Å². The fourth-order valence-corrected chi connectivity index (χ4v) is 3.50. The molecule has 9 heteroatoms. The Hall–Kier alpha value is -2.36. The number of benzene rings is 1. The van der Waals surface area contributed by atoms with Crippen LogP contribution in [-0.4, -0.2) is 61.2 Å². The Bertz CT molecular complexity index is 711. The zero-order chi connectivity index (χ0) is 19.1. The van der Waals surface area contributed by atoms with Gasteiger partial charge in [-0.05, 0) is 24.1 Å². The first kappa shape index (κ1) is 19.4. The van der Waals surface area contributed by atoms with Crippen LogP contribution in [0.1, 0.15) is 5.56 Å². The number of nitrogens with one attached hydrogen (secondary N) is 3. The molecule has 1 saturated heterocycles. The first-order valence-corrected chi connectivity index (χ1v) is 9.66. The van der Waals surface area contributed by atoms with Crippen molar-refractivity contribution in [2.45, 2.75) is 24.7 Å². The van der Waals surface area contributed by atoms with Crippen LogP contribution < -0.4 is 20.7 Å². The molecule has 0 aliphatic carbocycles. The molecule has 0 spiro atoms. The van der Waals surface area contributed by atoms with Crippen LogP contribution in [0.15, 0.2) is 35.8 Å². The fraction of sp³-hybridized carbons (Fsp3) is 0.444. The molecule has 0 unspecified atom stereocenters. The third kappa shape index (κ3) is 5.56. The van der Waals surface area contributed by atoms with Crippen molar-refractivity contribution in [2.24, 2.45) is 0 Å². The number of β-amino-alcohol motifs (C(OH)–C–C–N with tert-alkyl or cyclic N) is 1. The van der Waals surface area contributed by atoms with Crippen LogP contribution >= 0.6 is 11.3 Å². The highest BCUT2D eigenvalue weighted by Crippen LogP contribution is 2.19. The smallest absolute Gasteiger partial charge is 0.407 e. The zero-order valence-corrected chi connectivity index (χ0v) is 15.9. The SMILES string of the molecule is COc1ccc(C[C@H]2NC[C@H](O)[C@H]2OC(=O)NCCNc2nccs2)cc1. The van der Waals surface area contributed by atoms with Gasteiger partial charge in [-0.1, -0.05) is 12.1 Å². The van der Waals surface area contributed by atoms with Crippen molar-refractivity contribution in [3.8, 4) is 5.75 Å². The highest BCUT2D eigenvalue weighted by atomic mass is 32.1. The molecule has 27 heavy (non-hydrogen) atoms. The summed E-state index contributed by atoms with van der Waals surface area (Å²) in [6, 6.07) is 7.56. The average Bonchev–Trinajstić information content (AvgIpc) is 3.31. The number of carbonyl (C=O) groups is 1. The first-order chi connectivity index (χ1) is 13.2. The van der Waals surface area contributed by atoms with E-state index in [9.17, 15) is 9.90 Å². The minimum Gasteiger partial charge on any atom is -0.497 e. The Morgan fingerprint density at radius 3 is 2.89 bits per heavy atom. The van der Waals surface area contributed by atoms with Crippen molar-refractivity contribution in [2.75, 3.05) is 32.1 Å². The zero-order valence-electron chi connectivity index (χ0n) is 15.1. The lowest BCUT2D eigenvalue weighted by atomic mass is 10.0. The topological polar surface area (TPSA) is 105 Å². The summed E-state index contributed by atoms with van der Waals surface area (Å²) in [4.78, 5) is 16.2. The van der Waals surface area contributed by atoms with Gasteiger partial charge in [-0.3, -0.25) is 0 Å². The van der Waals surface area contributed by atoms with Gasteiger partial charge in [-0.2, -0.15) is 0 Å². The Morgan fingerprint density at radius 1 is 1.37 bits per heavy atom. The maximum atomic E-state index is 12.1. The van der Waals surface area contributed by atoms with Gasteiger partial charge in [0.05, 0.1) is 13.2 Å². The number of ether oxygens (including phenoxy) is 2. The molecule has 2 heterocycles. The van der Waals surface area contributed by atoms with Crippen molar-refractivity contribution in [1.82, 2.24) is 15.6 Å². The molecule has 1 amide bonds. The van der Waals surface area contributed by atoms with Crippen LogP contribution in [0.5, 0.6) is 5.75 Å². The van der Waals surface area contributed by atoms with Crippen LogP contribution in [0, 0.1) is 0 Å². The minimum absolute atomic E-state index is 0.146. The Kier molecular flexibility index (Phi) is 6.86. The summed E-state index contributed by atoms with van der Waals surface area (Å²) >= 11 is 1.50. The van der Waals surface area contributed by atoms with Crippen molar-refractivity contribution in [3.05, 3.63) is 41.4 Å². The summed E-state index contributed by atoms with van der Waals surface area (Å²) in [5.74, 6) is 0.789. The lowest BCUT2D eigenvalue weighted by molar-refractivity contribution is 0.0191. The van der Waals surface area contributed by atoms with Crippen molar-refractivity contribution in [3.63, 3.8) is 0 Å². The van der Waals surface area contributed by atoms with E-state index in [4.69, 9.17) is 9.47 Å². The molecular formula is C18H24N4O4S. The number of hydrogen-bond acceptors (Lipinski definition) is 8. The quantitative estimate of drug-likeness (QED) is 0.501. The summed E-state index contributed by atoms with van der Waals surface area (Å²) in [6.45, 7) is 1.34. The predicted octanol–water partition coefficient (Wildman–Crippen LogP) is 1.23. The maximum absolute atomic E-state index is 12.1. The number of aliphatic hydroxyl groups excluding tert-OH is 1. The Morgan fingerprint density at radius 2 is 2.19 bits per heavy atom. The number of rotatable bonds is 8. The largest absolute Gasteiger partial charge is 0.497 e. The Balaban J connectivity index is 1.45. The second kappa shape index (κ2) is 9.54. The summed E-state index contributed by atoms with van der Waals surface area (Å²) in [5, 5.41) is 21.8. The molecule has 4 N–H and O–H groups in total. The fourth-order valence-electron chi connectivity index (χ4n) is 2.95. The molecule has 1 aromatic carbocycles. The van der Waals surface area contributed by atoms with Crippen LogP contribution in [0.25, 0.3) is 0 Å². The third-order valence-corrected chi connectivity index (χ3v) is 5.06. The summed E-state index contributed by atoms with van der Waals surface area (Å²) in [5.41, 5.74) is 1.07. The van der Waals surface area contributed by atoms with Gasteiger partial charge in [-0.25, -0.2) is 9.78 Å². The standard InChI is InChI=1S/C18H24N4O4S/c1-25-13-4-2-12(3-5-13)10-14-16(15(23)11-22-14)26-18(24)21-7-6-19-17-20-8-9-27-17/h2-5,8-9,14-16,22-23H,6-7,10-11H2,1H3,(H,19,20)(H,21,24)/t14-,15+,16+/m1/s1. The van der Waals surface area contributed by atoms with E-state index in [0.717, 1.165) is 16.4 Å². The molecular weight excluding hydrogens is 368 g/mol. The number of aliphatic hydroxyl groups is 1. The molecule has 1 aliphatic rings. The number of amides is 1. The van der Waals surface area contributed by atoms with Gasteiger partial charge in [0, 0.05) is 31.2 Å². The van der Waals surface area contributed by atoms with E-state index in [2.05, 4.69) is 20.9 Å². The number of nitrogens with zero attached hydrogens (tertiary/aromatic N) is 1. The van der Waals surface area contributed by atoms with Gasteiger partial charge < -0.3 is 30.5 Å². The van der Waals surface area contributed by atoms with E-state index in [1.807, 2.05) is 29.6 Å². The molecule has 0 radical (unpaired) electrons. The lowest BCUT2D eigenvalue weighted by Crippen LogP contribution is -2.42. The average molecular weight is 392 g/mol. The van der Waals surface area contributed by atoms with E-state index in [0.29, 0.717) is 26.1 Å². The molecule has 8 nitrogen and oxygen atoms in total. The number of carbonyl (C=O) groups excluding carboxylic acids is 1. The van der Waals surface area contributed by atoms with E-state index < -0.39 is 18.3 Å². The van der Waals surface area contributed by atoms with E-state index in [1.165, 1.54) is 11.3 Å². The van der Waals surface area contributed by atoms with Gasteiger partial charge >= 0.3 is 6.09 Å². The molecule has 3 atom stereocenters. The molecule has 2 aromatic rings. The molecule has 146 valence electrons. The number of methoxy groups -OCH3 is 1. The minimum atomic E-state index is -0.729. The number of alkyl carbamates (subject to hydrolysis) is 1. The maximum Gasteiger partial charge on any atom is 0.407 e. The second-order valence-electron chi connectivity index (χ2n) is 6.20. The number of hydrogen-bond donors (Lipinski definition) is 4. The molecule has 3 rings (SSSR count). The summed E-state index contributed by atoms with van der Waals surface area (Å²) in [6.07, 6.45) is 0.492. The van der Waals surface area contributed by atoms with Crippen molar-refractivity contribution < 1.29 is 19.4 Å². The lowest BCUT2D eigenvalue weighted by Gasteiger charge is -2.22. The Labute approximate surface area is 161 Å². The van der Waals surface area contributed by atoms with E-state index >= 15 is 0 Å². The van der Waals surface area contributed by atoms with Crippen LogP contribution in [0.4, 0.5) is 9.93 Å². The highest BCUT2D eigenvalue weighted by Gasteiger charge is 2.37. The third-order valence-electron chi connectivity index (χ3n) is 4.33. The monoisotopic (exact) mass is 392 g/mol. The number of aromatic nitrogens is 1. The highest BCUT2D eigenvalue weighted by molar-refractivity contribution is 7.13. The van der Waals surface area contributed by atoms with Gasteiger partial charge in [0.2, 0.25) is 0 Å². The number of anilines is 1. The van der Waals surface area contributed by atoms with E-state index in [-0.39, 0.29) is 6.04 Å². The van der Waals surface area contributed by atoms with Gasteiger partial charge in [0.25, 0.3) is 0 Å². The van der Waals surface area contributed by atoms with Gasteiger partial charge in [0.1, 0.15) is 18.0 Å². The molecule has 1 aliphatic heterocycles. The van der Waals surface area contributed by atoms with Gasteiger partial charge in [0.15, 0.2) is 5.13 Å². The normalized spacial score (nSPS) is 21.6.